The van der Waals surface area contributed by atoms with Gasteiger partial charge in [-0.15, -0.1) is 0 Å². The fourth-order valence-electron chi connectivity index (χ4n) is 3.30. The van der Waals surface area contributed by atoms with Crippen LogP contribution in [0.15, 0.2) is 59.6 Å². The van der Waals surface area contributed by atoms with Crippen LogP contribution < -0.4 is 5.32 Å². The molecule has 2 aromatic carbocycles. The SMILES string of the molecule is CCCCN(CCCC)CC(=O)Nc1ccccc1C(=NCC(=O)O)c1ccccc1.[Ni+3]. The number of hydrogen-bond acceptors (Lipinski definition) is 4. The largest absolute Gasteiger partial charge is 3.00 e. The number of carbonyl (C=O) groups is 2. The summed E-state index contributed by atoms with van der Waals surface area (Å²) in [6.07, 6.45) is 4.31. The first kappa shape index (κ1) is 27.5. The van der Waals surface area contributed by atoms with Crippen molar-refractivity contribution in [2.75, 3.05) is 31.5 Å². The van der Waals surface area contributed by atoms with E-state index >= 15 is 0 Å². The first-order valence-electron chi connectivity index (χ1n) is 11.0. The number of nitrogens with one attached hydrogen (secondary N) is 1. The Hall–Kier alpha value is -2.50. The first-order chi connectivity index (χ1) is 15.0. The predicted molar refractivity (Wildman–Crippen MR) is 126 cm³/mol. The Bertz CT molecular complexity index is 864. The van der Waals surface area contributed by atoms with Crippen molar-refractivity contribution in [3.8, 4) is 0 Å². The van der Waals surface area contributed by atoms with Gasteiger partial charge in [0.2, 0.25) is 5.91 Å². The molecule has 1 amide bonds. The van der Waals surface area contributed by atoms with E-state index in [-0.39, 0.29) is 28.9 Å². The number of carbonyl (C=O) groups excluding carboxylic acids is 1. The predicted octanol–water partition coefficient (Wildman–Crippen LogP) is 4.45. The number of rotatable bonds is 13. The molecule has 173 valence electrons. The molecule has 6 nitrogen and oxygen atoms in total. The second-order valence-corrected chi connectivity index (χ2v) is 7.50. The standard InChI is InChI=1S/C25H33N3O3.Ni/c1-3-5-16-28(17-6-4-2)19-23(29)27-22-15-11-10-14-21(22)25(26-18-24(30)31)20-12-8-7-9-13-20;/h7-15H,3-6,16-19H2,1-2H3,(H,27,29)(H,30,31);/q;+3. The molecule has 0 aliphatic heterocycles. The minimum atomic E-state index is -1.00. The van der Waals surface area contributed by atoms with Crippen molar-refractivity contribution in [3.05, 3.63) is 65.7 Å². The molecule has 2 rings (SSSR count). The van der Waals surface area contributed by atoms with E-state index in [1.54, 1.807) is 0 Å². The van der Waals surface area contributed by atoms with Gasteiger partial charge in [0.15, 0.2) is 0 Å². The smallest absolute Gasteiger partial charge is 0.480 e. The van der Waals surface area contributed by atoms with Crippen LogP contribution >= 0.6 is 0 Å². The zero-order valence-corrected chi connectivity index (χ0v) is 19.8. The van der Waals surface area contributed by atoms with Crippen LogP contribution in [-0.4, -0.2) is 53.8 Å². The van der Waals surface area contributed by atoms with Crippen molar-refractivity contribution in [3.63, 3.8) is 0 Å². The summed E-state index contributed by atoms with van der Waals surface area (Å²) < 4.78 is 0. The summed E-state index contributed by atoms with van der Waals surface area (Å²) in [6.45, 7) is 6.10. The van der Waals surface area contributed by atoms with Gasteiger partial charge >= 0.3 is 22.5 Å². The molecule has 0 unspecified atom stereocenters. The fraction of sp³-hybridized carbons (Fsp3) is 0.400. The topological polar surface area (TPSA) is 82.0 Å². The average molecular weight is 482 g/mol. The maximum atomic E-state index is 12.8. The Labute approximate surface area is 201 Å². The third-order valence-corrected chi connectivity index (χ3v) is 4.90. The normalized spacial score (nSPS) is 11.2. The molecule has 0 aromatic heterocycles. The number of unbranched alkanes of at least 4 members (excludes halogenated alkanes) is 2. The van der Waals surface area contributed by atoms with Crippen molar-refractivity contribution in [2.45, 2.75) is 39.5 Å². The van der Waals surface area contributed by atoms with Crippen LogP contribution in [-0.2, 0) is 26.1 Å². The first-order valence-corrected chi connectivity index (χ1v) is 11.0. The molecule has 0 atom stereocenters. The number of aliphatic carboxylic acids is 1. The van der Waals surface area contributed by atoms with Gasteiger partial charge in [0.1, 0.15) is 6.54 Å². The van der Waals surface area contributed by atoms with Gasteiger partial charge in [-0.05, 0) is 32.0 Å². The molecule has 1 radical (unpaired) electrons. The van der Waals surface area contributed by atoms with Gasteiger partial charge in [-0.2, -0.15) is 0 Å². The Morgan fingerprint density at radius 3 is 2.12 bits per heavy atom. The molecule has 0 saturated heterocycles. The molecule has 7 heteroatoms. The molecule has 0 fully saturated rings. The second kappa shape index (κ2) is 15.3. The van der Waals surface area contributed by atoms with Crippen LogP contribution in [0.5, 0.6) is 0 Å². The Morgan fingerprint density at radius 2 is 1.53 bits per heavy atom. The van der Waals surface area contributed by atoms with Crippen molar-refractivity contribution >= 4 is 23.3 Å². The van der Waals surface area contributed by atoms with Crippen molar-refractivity contribution in [1.82, 2.24) is 4.90 Å². The van der Waals surface area contributed by atoms with Crippen molar-refractivity contribution < 1.29 is 31.2 Å². The maximum absolute atomic E-state index is 12.8. The number of para-hydroxylation sites is 1. The number of nitrogens with zero attached hydrogens (tertiary/aromatic N) is 2. The van der Waals surface area contributed by atoms with E-state index in [2.05, 4.69) is 29.1 Å². The fourth-order valence-corrected chi connectivity index (χ4v) is 3.30. The molecule has 0 heterocycles. The van der Waals surface area contributed by atoms with Crippen LogP contribution in [0.2, 0.25) is 0 Å². The van der Waals surface area contributed by atoms with Crippen LogP contribution in [0.3, 0.4) is 0 Å². The molecule has 2 N–H and O–H groups in total. The number of carboxylic acid groups (broad SMARTS) is 1. The van der Waals surface area contributed by atoms with Gasteiger partial charge in [0.05, 0.1) is 17.9 Å². The molecule has 32 heavy (non-hydrogen) atoms. The van der Waals surface area contributed by atoms with Gasteiger partial charge in [-0.25, -0.2) is 0 Å². The van der Waals surface area contributed by atoms with Gasteiger partial charge in [0, 0.05) is 11.1 Å². The molecule has 2 aromatic rings. The quantitative estimate of drug-likeness (QED) is 0.327. The van der Waals surface area contributed by atoms with Gasteiger partial charge in [0.25, 0.3) is 0 Å². The van der Waals surface area contributed by atoms with Crippen LogP contribution in [0.1, 0.15) is 50.7 Å². The van der Waals surface area contributed by atoms with E-state index < -0.39 is 5.97 Å². The van der Waals surface area contributed by atoms with Crippen LogP contribution in [0.25, 0.3) is 0 Å². The average Bonchev–Trinajstić information content (AvgIpc) is 2.77. The van der Waals surface area contributed by atoms with E-state index in [1.807, 2.05) is 54.6 Å². The van der Waals surface area contributed by atoms with Crippen molar-refractivity contribution in [2.24, 2.45) is 4.99 Å². The number of aliphatic imine (C=N–C) groups is 1. The summed E-state index contributed by atoms with van der Waals surface area (Å²) in [5, 5.41) is 12.2. The second-order valence-electron chi connectivity index (χ2n) is 7.50. The zero-order chi connectivity index (χ0) is 22.5. The third kappa shape index (κ3) is 9.33. The van der Waals surface area contributed by atoms with Gasteiger partial charge in [-0.3, -0.25) is 19.5 Å². The molecule has 0 bridgehead atoms. The summed E-state index contributed by atoms with van der Waals surface area (Å²) in [5.74, 6) is -1.08. The summed E-state index contributed by atoms with van der Waals surface area (Å²) in [5.41, 5.74) is 2.69. The molecular formula is C25H33N3NiO3+3. The summed E-state index contributed by atoms with van der Waals surface area (Å²) >= 11 is 0. The summed E-state index contributed by atoms with van der Waals surface area (Å²) in [4.78, 5) is 30.5. The zero-order valence-electron chi connectivity index (χ0n) is 18.8. The van der Waals surface area contributed by atoms with E-state index in [4.69, 9.17) is 5.11 Å². The molecule has 0 aliphatic carbocycles. The Kier molecular flexibility index (Phi) is 13.2. The molecular weight excluding hydrogens is 449 g/mol. The maximum Gasteiger partial charge on any atom is 3.00 e. The Balaban J connectivity index is 0.00000512. The number of amides is 1. The minimum Gasteiger partial charge on any atom is -0.480 e. The number of benzene rings is 2. The molecule has 0 saturated carbocycles. The van der Waals surface area contributed by atoms with Gasteiger partial charge < -0.3 is 10.4 Å². The van der Waals surface area contributed by atoms with E-state index in [0.717, 1.165) is 44.3 Å². The molecule has 0 spiro atoms. The van der Waals surface area contributed by atoms with Crippen LogP contribution in [0.4, 0.5) is 5.69 Å². The number of anilines is 1. The van der Waals surface area contributed by atoms with Crippen molar-refractivity contribution in [1.29, 1.82) is 0 Å². The summed E-state index contributed by atoms with van der Waals surface area (Å²) in [7, 11) is 0. The van der Waals surface area contributed by atoms with E-state index in [1.165, 1.54) is 0 Å². The number of carboxylic acids is 1. The number of hydrogen-bond donors (Lipinski definition) is 2. The minimum absolute atomic E-state index is 0. The monoisotopic (exact) mass is 481 g/mol. The van der Waals surface area contributed by atoms with E-state index in [0.29, 0.717) is 23.5 Å². The summed E-state index contributed by atoms with van der Waals surface area (Å²) in [6, 6.07) is 16.8. The van der Waals surface area contributed by atoms with E-state index in [9.17, 15) is 9.59 Å². The van der Waals surface area contributed by atoms with Gasteiger partial charge in [-0.1, -0.05) is 75.2 Å². The third-order valence-electron chi connectivity index (χ3n) is 4.90. The molecule has 0 aliphatic rings. The van der Waals surface area contributed by atoms with Crippen LogP contribution in [0, 0.1) is 0 Å². The Morgan fingerprint density at radius 1 is 0.938 bits per heavy atom.